The standard InChI is InChI=1S/C8H16.H2/c1-5-7(3)8(4)6-2;/h5,8H,6H2,1-4H3;1H/b7-5-;. The first-order chi connectivity index (χ1) is 3.72. The molecule has 0 radical (unpaired) electrons. The van der Waals surface area contributed by atoms with E-state index in [9.17, 15) is 0 Å². The molecule has 0 bridgehead atoms. The van der Waals surface area contributed by atoms with Gasteiger partial charge in [-0.15, -0.1) is 0 Å². The molecular weight excluding hydrogens is 96.1 g/mol. The number of rotatable bonds is 2. The second-order valence-electron chi connectivity index (χ2n) is 2.34. The first kappa shape index (κ1) is 7.74. The van der Waals surface area contributed by atoms with E-state index in [1.54, 1.807) is 0 Å². The van der Waals surface area contributed by atoms with Crippen molar-refractivity contribution in [1.82, 2.24) is 0 Å². The molecular formula is C8H18. The van der Waals surface area contributed by atoms with Crippen LogP contribution in [-0.2, 0) is 0 Å². The van der Waals surface area contributed by atoms with Crippen LogP contribution in [0.2, 0.25) is 0 Å². The van der Waals surface area contributed by atoms with Crippen molar-refractivity contribution in [3.8, 4) is 0 Å². The molecule has 8 heavy (non-hydrogen) atoms. The van der Waals surface area contributed by atoms with E-state index in [2.05, 4.69) is 33.8 Å². The second kappa shape index (κ2) is 3.71. The Morgan fingerprint density at radius 2 is 2.25 bits per heavy atom. The highest BCUT2D eigenvalue weighted by Crippen LogP contribution is 2.11. The van der Waals surface area contributed by atoms with Crippen LogP contribution < -0.4 is 0 Å². The van der Waals surface area contributed by atoms with E-state index in [-0.39, 0.29) is 1.43 Å². The number of hydrogen-bond donors (Lipinski definition) is 0. The zero-order valence-electron chi connectivity index (χ0n) is 6.36. The van der Waals surface area contributed by atoms with Gasteiger partial charge in [-0.3, -0.25) is 0 Å². The largest absolute Gasteiger partial charge is 0.0885 e. The van der Waals surface area contributed by atoms with Gasteiger partial charge in [-0.2, -0.15) is 0 Å². The van der Waals surface area contributed by atoms with Crippen molar-refractivity contribution in [2.75, 3.05) is 0 Å². The molecule has 0 amide bonds. The van der Waals surface area contributed by atoms with E-state index in [1.165, 1.54) is 12.0 Å². The Labute approximate surface area is 54.1 Å². The van der Waals surface area contributed by atoms with Crippen molar-refractivity contribution < 1.29 is 1.43 Å². The van der Waals surface area contributed by atoms with Crippen LogP contribution in [-0.4, -0.2) is 0 Å². The van der Waals surface area contributed by atoms with Crippen LogP contribution in [0.15, 0.2) is 11.6 Å². The molecule has 0 heterocycles. The molecule has 1 unspecified atom stereocenters. The molecule has 0 N–H and O–H groups in total. The summed E-state index contributed by atoms with van der Waals surface area (Å²) >= 11 is 0. The molecule has 0 saturated carbocycles. The van der Waals surface area contributed by atoms with E-state index < -0.39 is 0 Å². The molecule has 1 atom stereocenters. The molecule has 50 valence electrons. The van der Waals surface area contributed by atoms with Crippen molar-refractivity contribution in [1.29, 1.82) is 0 Å². The second-order valence-corrected chi connectivity index (χ2v) is 2.34. The average Bonchev–Trinajstić information content (AvgIpc) is 1.84. The highest BCUT2D eigenvalue weighted by molar-refractivity contribution is 4.99. The van der Waals surface area contributed by atoms with Gasteiger partial charge in [0.2, 0.25) is 0 Å². The zero-order valence-corrected chi connectivity index (χ0v) is 6.36. The Morgan fingerprint density at radius 1 is 1.75 bits per heavy atom. The normalized spacial score (nSPS) is 16.2. The Kier molecular flexibility index (Phi) is 3.59. The minimum absolute atomic E-state index is 0. The van der Waals surface area contributed by atoms with Gasteiger partial charge in [-0.1, -0.05) is 25.5 Å². The van der Waals surface area contributed by atoms with Crippen LogP contribution >= 0.6 is 0 Å². The van der Waals surface area contributed by atoms with Crippen molar-refractivity contribution in [2.45, 2.75) is 34.1 Å². The highest BCUT2D eigenvalue weighted by atomic mass is 14.0. The lowest BCUT2D eigenvalue weighted by Crippen LogP contribution is -1.91. The monoisotopic (exact) mass is 114 g/mol. The number of hydrogen-bond acceptors (Lipinski definition) is 0. The van der Waals surface area contributed by atoms with Gasteiger partial charge < -0.3 is 0 Å². The summed E-state index contributed by atoms with van der Waals surface area (Å²) in [5.41, 5.74) is 1.51. The van der Waals surface area contributed by atoms with E-state index in [4.69, 9.17) is 0 Å². The maximum atomic E-state index is 2.26. The molecule has 0 aliphatic carbocycles. The van der Waals surface area contributed by atoms with Crippen molar-refractivity contribution in [3.63, 3.8) is 0 Å². The van der Waals surface area contributed by atoms with Gasteiger partial charge in [0, 0.05) is 1.43 Å². The smallest absolute Gasteiger partial charge is 0 e. The SMILES string of the molecule is C/C=C(/C)C(C)CC.[HH]. The minimum Gasteiger partial charge on any atom is -0.0885 e. The van der Waals surface area contributed by atoms with E-state index in [0.29, 0.717) is 0 Å². The average molecular weight is 114 g/mol. The van der Waals surface area contributed by atoms with E-state index in [0.717, 1.165) is 5.92 Å². The highest BCUT2D eigenvalue weighted by Gasteiger charge is 1.96. The van der Waals surface area contributed by atoms with Crippen LogP contribution in [0.1, 0.15) is 35.5 Å². The first-order valence-corrected chi connectivity index (χ1v) is 3.35. The fourth-order valence-corrected chi connectivity index (χ4v) is 0.606. The molecule has 0 heteroatoms. The summed E-state index contributed by atoms with van der Waals surface area (Å²) in [5.74, 6) is 0.778. The van der Waals surface area contributed by atoms with Gasteiger partial charge in [-0.05, 0) is 26.2 Å². The van der Waals surface area contributed by atoms with Gasteiger partial charge in [0.1, 0.15) is 0 Å². The Hall–Kier alpha value is -0.260. The summed E-state index contributed by atoms with van der Waals surface area (Å²) in [6.07, 6.45) is 3.45. The molecule has 0 nitrogen and oxygen atoms in total. The van der Waals surface area contributed by atoms with Gasteiger partial charge in [0.05, 0.1) is 0 Å². The fraction of sp³-hybridized carbons (Fsp3) is 0.750. The van der Waals surface area contributed by atoms with Crippen molar-refractivity contribution >= 4 is 0 Å². The van der Waals surface area contributed by atoms with Crippen molar-refractivity contribution in [2.24, 2.45) is 5.92 Å². The summed E-state index contributed by atoms with van der Waals surface area (Å²) in [7, 11) is 0. The summed E-state index contributed by atoms with van der Waals surface area (Å²) in [6.45, 7) is 8.77. The third-order valence-electron chi connectivity index (χ3n) is 1.85. The molecule has 0 aromatic heterocycles. The van der Waals surface area contributed by atoms with Crippen LogP contribution in [0, 0.1) is 5.92 Å². The fourth-order valence-electron chi connectivity index (χ4n) is 0.606. The Bertz CT molecular complexity index is 84.6. The van der Waals surface area contributed by atoms with Gasteiger partial charge >= 0.3 is 0 Å². The van der Waals surface area contributed by atoms with Crippen molar-refractivity contribution in [3.05, 3.63) is 11.6 Å². The predicted octanol–water partition coefficient (Wildman–Crippen LogP) is 3.24. The third-order valence-corrected chi connectivity index (χ3v) is 1.85. The molecule has 0 fully saturated rings. The zero-order chi connectivity index (χ0) is 6.57. The number of allylic oxidation sites excluding steroid dienone is 2. The molecule has 0 aromatic carbocycles. The van der Waals surface area contributed by atoms with E-state index in [1.807, 2.05) is 0 Å². The Morgan fingerprint density at radius 3 is 2.38 bits per heavy atom. The molecule has 0 aromatic rings. The van der Waals surface area contributed by atoms with Crippen LogP contribution in [0.3, 0.4) is 0 Å². The van der Waals surface area contributed by atoms with E-state index >= 15 is 0 Å². The lowest BCUT2D eigenvalue weighted by atomic mass is 10.0. The summed E-state index contributed by atoms with van der Waals surface area (Å²) in [5, 5.41) is 0. The molecule has 0 aliphatic heterocycles. The molecule has 0 spiro atoms. The summed E-state index contributed by atoms with van der Waals surface area (Å²) < 4.78 is 0. The summed E-state index contributed by atoms with van der Waals surface area (Å²) in [6, 6.07) is 0. The quantitative estimate of drug-likeness (QED) is 0.483. The first-order valence-electron chi connectivity index (χ1n) is 3.35. The topological polar surface area (TPSA) is 0 Å². The van der Waals surface area contributed by atoms with Crippen LogP contribution in [0.5, 0.6) is 0 Å². The minimum atomic E-state index is 0. The maximum Gasteiger partial charge on any atom is 0 e. The van der Waals surface area contributed by atoms with Gasteiger partial charge in [0.25, 0.3) is 0 Å². The predicted molar refractivity (Wildman–Crippen MR) is 41.0 cm³/mol. The summed E-state index contributed by atoms with van der Waals surface area (Å²) in [4.78, 5) is 0. The lowest BCUT2D eigenvalue weighted by Gasteiger charge is -2.06. The van der Waals surface area contributed by atoms with Gasteiger partial charge in [-0.25, -0.2) is 0 Å². The van der Waals surface area contributed by atoms with Crippen LogP contribution in [0.4, 0.5) is 0 Å². The Balaban J connectivity index is 0. The lowest BCUT2D eigenvalue weighted by molar-refractivity contribution is 0.654. The van der Waals surface area contributed by atoms with Gasteiger partial charge in [0.15, 0.2) is 0 Å². The third kappa shape index (κ3) is 2.15. The maximum absolute atomic E-state index is 2.26. The van der Waals surface area contributed by atoms with Crippen LogP contribution in [0.25, 0.3) is 0 Å². The molecule has 0 rings (SSSR count). The molecule has 0 saturated heterocycles. The molecule has 0 aliphatic rings.